The third-order valence-electron chi connectivity index (χ3n) is 3.51. The Kier molecular flexibility index (Phi) is 4.61. The molecule has 0 atom stereocenters. The Balaban J connectivity index is 2.19. The summed E-state index contributed by atoms with van der Waals surface area (Å²) in [6, 6.07) is 0. The van der Waals surface area contributed by atoms with Crippen molar-refractivity contribution < 1.29 is 4.74 Å². The molecule has 7 heteroatoms. The molecule has 2 rings (SSSR count). The maximum absolute atomic E-state index is 6.04. The predicted octanol–water partition coefficient (Wildman–Crippen LogP) is 0.722. The van der Waals surface area contributed by atoms with Crippen LogP contribution in [-0.2, 0) is 17.8 Å². The average molecular weight is 280 g/mol. The Morgan fingerprint density at radius 3 is 2.75 bits per heavy atom. The van der Waals surface area contributed by atoms with Crippen molar-refractivity contribution in [2.45, 2.75) is 26.9 Å². The van der Waals surface area contributed by atoms with E-state index in [0.717, 1.165) is 49.6 Å². The van der Waals surface area contributed by atoms with Gasteiger partial charge >= 0.3 is 0 Å². The Bertz CT molecular complexity index is 573. The number of nitrogen functional groups attached to an aromatic ring is 1. The number of methoxy groups -OCH3 is 1. The molecule has 0 aromatic carbocycles. The van der Waals surface area contributed by atoms with Crippen molar-refractivity contribution >= 4 is 17.1 Å². The lowest BCUT2D eigenvalue weighted by Crippen LogP contribution is -2.27. The minimum Gasteiger partial charge on any atom is -0.383 e. The summed E-state index contributed by atoms with van der Waals surface area (Å²) in [5, 5.41) is 4.49. The van der Waals surface area contributed by atoms with Gasteiger partial charge in [-0.1, -0.05) is 0 Å². The zero-order valence-electron chi connectivity index (χ0n) is 12.8. The molecule has 0 amide bonds. The summed E-state index contributed by atoms with van der Waals surface area (Å²) in [4.78, 5) is 6.65. The Morgan fingerprint density at radius 2 is 2.10 bits per heavy atom. The van der Waals surface area contributed by atoms with E-state index in [1.165, 1.54) is 0 Å². The van der Waals surface area contributed by atoms with Crippen LogP contribution in [0.2, 0.25) is 0 Å². The van der Waals surface area contributed by atoms with E-state index in [4.69, 9.17) is 10.5 Å². The molecule has 0 aliphatic rings. The second-order valence-electron chi connectivity index (χ2n) is 4.99. The van der Waals surface area contributed by atoms with Crippen LogP contribution in [0.3, 0.4) is 0 Å². The van der Waals surface area contributed by atoms with Gasteiger partial charge in [-0.25, -0.2) is 9.67 Å². The summed E-state index contributed by atoms with van der Waals surface area (Å²) in [5.41, 5.74) is 8.90. The molecule has 2 N–H and O–H groups in total. The lowest BCUT2D eigenvalue weighted by Gasteiger charge is -2.17. The molecular weight excluding hydrogens is 256 g/mol. The molecule has 0 saturated heterocycles. The predicted molar refractivity (Wildman–Crippen MR) is 79.7 cm³/mol. The standard InChI is InChI=1S/C13H24N6O/c1-5-19-12-11(10(2)16-19)15-13(14)18(12)7-6-17(3)8-9-20-4/h5-9H2,1-4H3,(H2,14,15). The lowest BCUT2D eigenvalue weighted by atomic mass is 10.4. The van der Waals surface area contributed by atoms with Crippen molar-refractivity contribution in [2.24, 2.45) is 0 Å². The molecule has 2 heterocycles. The highest BCUT2D eigenvalue weighted by atomic mass is 16.5. The van der Waals surface area contributed by atoms with Crippen molar-refractivity contribution in [1.82, 2.24) is 24.2 Å². The van der Waals surface area contributed by atoms with Crippen LogP contribution in [0, 0.1) is 6.92 Å². The van der Waals surface area contributed by atoms with Crippen LogP contribution in [0.25, 0.3) is 11.2 Å². The van der Waals surface area contributed by atoms with Crippen LogP contribution in [-0.4, -0.2) is 58.1 Å². The van der Waals surface area contributed by atoms with E-state index >= 15 is 0 Å². The van der Waals surface area contributed by atoms with Gasteiger partial charge in [-0.05, 0) is 20.9 Å². The maximum Gasteiger partial charge on any atom is 0.202 e. The number of hydrogen-bond acceptors (Lipinski definition) is 5. The first-order valence-corrected chi connectivity index (χ1v) is 6.95. The van der Waals surface area contributed by atoms with E-state index in [2.05, 4.69) is 29.0 Å². The zero-order chi connectivity index (χ0) is 14.7. The maximum atomic E-state index is 6.04. The summed E-state index contributed by atoms with van der Waals surface area (Å²) >= 11 is 0. The number of ether oxygens (including phenoxy) is 1. The normalized spacial score (nSPS) is 11.8. The van der Waals surface area contributed by atoms with Gasteiger partial charge in [0.05, 0.1) is 12.3 Å². The number of aromatic nitrogens is 4. The largest absolute Gasteiger partial charge is 0.383 e. The minimum atomic E-state index is 0.558. The third kappa shape index (κ3) is 2.78. The monoisotopic (exact) mass is 280 g/mol. The molecule has 0 unspecified atom stereocenters. The molecule has 0 radical (unpaired) electrons. The fourth-order valence-corrected chi connectivity index (χ4v) is 2.31. The number of aryl methyl sites for hydroxylation is 2. The topological polar surface area (TPSA) is 74.1 Å². The van der Waals surface area contributed by atoms with Gasteiger partial charge in [0.1, 0.15) is 5.52 Å². The van der Waals surface area contributed by atoms with Crippen LogP contribution >= 0.6 is 0 Å². The molecule has 0 spiro atoms. The first-order valence-electron chi connectivity index (χ1n) is 6.95. The lowest BCUT2D eigenvalue weighted by molar-refractivity contribution is 0.159. The number of hydrogen-bond donors (Lipinski definition) is 1. The van der Waals surface area contributed by atoms with Crippen molar-refractivity contribution in [1.29, 1.82) is 0 Å². The van der Waals surface area contributed by atoms with E-state index in [9.17, 15) is 0 Å². The summed E-state index contributed by atoms with van der Waals surface area (Å²) in [7, 11) is 3.79. The van der Waals surface area contributed by atoms with Crippen molar-refractivity contribution in [3.63, 3.8) is 0 Å². The molecule has 20 heavy (non-hydrogen) atoms. The highest BCUT2D eigenvalue weighted by Crippen LogP contribution is 2.20. The van der Waals surface area contributed by atoms with Gasteiger partial charge in [-0.2, -0.15) is 5.10 Å². The number of nitrogens with two attached hydrogens (primary N) is 1. The molecule has 0 bridgehead atoms. The molecule has 0 aliphatic heterocycles. The van der Waals surface area contributed by atoms with Gasteiger partial charge in [0.2, 0.25) is 5.95 Å². The van der Waals surface area contributed by atoms with Gasteiger partial charge in [0, 0.05) is 33.3 Å². The number of likely N-dealkylation sites (N-methyl/N-ethyl adjacent to an activating group) is 1. The number of nitrogens with zero attached hydrogens (tertiary/aromatic N) is 5. The summed E-state index contributed by atoms with van der Waals surface area (Å²) in [5.74, 6) is 0.558. The number of imidazole rings is 1. The molecule has 7 nitrogen and oxygen atoms in total. The van der Waals surface area contributed by atoms with Crippen LogP contribution in [0.15, 0.2) is 0 Å². The smallest absolute Gasteiger partial charge is 0.202 e. The van der Waals surface area contributed by atoms with E-state index < -0.39 is 0 Å². The number of rotatable bonds is 7. The van der Waals surface area contributed by atoms with Crippen LogP contribution in [0.5, 0.6) is 0 Å². The Hall–Kier alpha value is -1.60. The molecule has 0 fully saturated rings. The van der Waals surface area contributed by atoms with Gasteiger partial charge in [-0.15, -0.1) is 0 Å². The number of anilines is 1. The van der Waals surface area contributed by atoms with Crippen molar-refractivity contribution in [3.05, 3.63) is 5.69 Å². The summed E-state index contributed by atoms with van der Waals surface area (Å²) < 4.78 is 9.09. The average Bonchev–Trinajstić information content (AvgIpc) is 2.91. The van der Waals surface area contributed by atoms with Gasteiger partial charge in [-0.3, -0.25) is 4.57 Å². The van der Waals surface area contributed by atoms with Gasteiger partial charge < -0.3 is 15.4 Å². The first-order chi connectivity index (χ1) is 9.58. The summed E-state index contributed by atoms with van der Waals surface area (Å²) in [6.45, 7) is 8.19. The Labute approximate surface area is 119 Å². The molecule has 112 valence electrons. The van der Waals surface area contributed by atoms with E-state index in [0.29, 0.717) is 5.95 Å². The molecule has 2 aromatic rings. The fraction of sp³-hybridized carbons (Fsp3) is 0.692. The van der Waals surface area contributed by atoms with Crippen LogP contribution < -0.4 is 5.73 Å². The van der Waals surface area contributed by atoms with Crippen LogP contribution in [0.4, 0.5) is 5.95 Å². The fourth-order valence-electron chi connectivity index (χ4n) is 2.31. The van der Waals surface area contributed by atoms with E-state index in [1.807, 2.05) is 16.2 Å². The number of fused-ring (bicyclic) bond motifs is 1. The second kappa shape index (κ2) is 6.23. The third-order valence-corrected chi connectivity index (χ3v) is 3.51. The molecule has 0 saturated carbocycles. The van der Waals surface area contributed by atoms with Crippen LogP contribution in [0.1, 0.15) is 12.6 Å². The minimum absolute atomic E-state index is 0.558. The highest BCUT2D eigenvalue weighted by molar-refractivity contribution is 5.77. The van der Waals surface area contributed by atoms with Crippen molar-refractivity contribution in [2.75, 3.05) is 39.6 Å². The first kappa shape index (κ1) is 14.8. The Morgan fingerprint density at radius 1 is 1.35 bits per heavy atom. The quantitative estimate of drug-likeness (QED) is 0.809. The van der Waals surface area contributed by atoms with E-state index in [1.54, 1.807) is 7.11 Å². The second-order valence-corrected chi connectivity index (χ2v) is 4.99. The SMILES string of the molecule is CCn1nc(C)c2nc(N)n(CCN(C)CCOC)c21. The summed E-state index contributed by atoms with van der Waals surface area (Å²) in [6.07, 6.45) is 0. The van der Waals surface area contributed by atoms with E-state index in [-0.39, 0.29) is 0 Å². The highest BCUT2D eigenvalue weighted by Gasteiger charge is 2.16. The zero-order valence-corrected chi connectivity index (χ0v) is 12.8. The molecule has 0 aliphatic carbocycles. The van der Waals surface area contributed by atoms with Crippen molar-refractivity contribution in [3.8, 4) is 0 Å². The molecular formula is C13H24N6O. The van der Waals surface area contributed by atoms with Gasteiger partial charge in [0.15, 0.2) is 5.65 Å². The molecule has 2 aromatic heterocycles. The van der Waals surface area contributed by atoms with Gasteiger partial charge in [0.25, 0.3) is 0 Å².